The monoisotopic (exact) mass is 674 g/mol. The van der Waals surface area contributed by atoms with Gasteiger partial charge in [-0.2, -0.15) is 20.4 Å². The van der Waals surface area contributed by atoms with E-state index in [0.29, 0.717) is 11.9 Å². The van der Waals surface area contributed by atoms with Gasteiger partial charge in [-0.15, -0.1) is 0 Å². The summed E-state index contributed by atoms with van der Waals surface area (Å²) in [6, 6.07) is 7.36. The minimum Gasteiger partial charge on any atom is -0.356 e. The standard InChI is InChI=1S/2C9H14N4.2C3H4N2.2NO3.Ni/c2*10-9(13-8-4-5-11-13)12-6-2-1-3-7-12;2*1-2-4-5-3-1;2*2-1(3)4;/h2*4-5,8,10H,1-3,6-7H2;2*1-3H,(H,4,5);;;/q;;;;2*-1;+2. The van der Waals surface area contributed by atoms with Crippen LogP contribution in [0.1, 0.15) is 38.5 Å². The Morgan fingerprint density at radius 1 is 0.600 bits per heavy atom. The summed E-state index contributed by atoms with van der Waals surface area (Å²) in [6.07, 6.45) is 21.3. The summed E-state index contributed by atoms with van der Waals surface area (Å²) in [4.78, 5) is 20.7. The molecule has 21 heteroatoms. The summed E-state index contributed by atoms with van der Waals surface area (Å²) in [5.74, 6) is 1.01. The zero-order chi connectivity index (χ0) is 32.4. The van der Waals surface area contributed by atoms with Crippen molar-refractivity contribution in [1.82, 2.24) is 49.8 Å². The molecule has 0 aliphatic carbocycles. The maximum atomic E-state index is 8.25. The summed E-state index contributed by atoms with van der Waals surface area (Å²) in [6.45, 7) is 3.99. The molecule has 6 rings (SSSR count). The Morgan fingerprint density at radius 3 is 1.13 bits per heavy atom. The largest absolute Gasteiger partial charge is 2.00 e. The van der Waals surface area contributed by atoms with Crippen molar-refractivity contribution in [2.75, 3.05) is 26.2 Å². The second-order valence-electron chi connectivity index (χ2n) is 8.62. The molecule has 0 amide bonds. The predicted octanol–water partition coefficient (Wildman–Crippen LogP) is 2.64. The molecule has 4 aromatic rings. The second-order valence-corrected chi connectivity index (χ2v) is 8.62. The van der Waals surface area contributed by atoms with Crippen LogP contribution < -0.4 is 0 Å². The number of hydrogen-bond donors (Lipinski definition) is 4. The van der Waals surface area contributed by atoms with Crippen molar-refractivity contribution in [2.24, 2.45) is 0 Å². The molecule has 20 nitrogen and oxygen atoms in total. The van der Waals surface area contributed by atoms with Crippen molar-refractivity contribution in [2.45, 2.75) is 38.5 Å². The minimum atomic E-state index is -1.75. The Kier molecular flexibility index (Phi) is 22.2. The Bertz CT molecular complexity index is 1100. The van der Waals surface area contributed by atoms with E-state index in [1.54, 1.807) is 46.5 Å². The molecule has 2 aliphatic heterocycles. The van der Waals surface area contributed by atoms with Crippen LogP contribution in [0.5, 0.6) is 0 Å². The number of nitrogens with zero attached hydrogens (tertiary/aromatic N) is 10. The van der Waals surface area contributed by atoms with Crippen LogP contribution in [0.4, 0.5) is 0 Å². The second kappa shape index (κ2) is 25.2. The predicted molar refractivity (Wildman–Crippen MR) is 159 cm³/mol. The van der Waals surface area contributed by atoms with E-state index in [9.17, 15) is 0 Å². The number of H-pyrrole nitrogens is 2. The van der Waals surface area contributed by atoms with Crippen molar-refractivity contribution >= 4 is 11.9 Å². The SMILES string of the molecule is N=C(N1CCCCC1)n1cccn1.N=C(N1CCCCC1)n1cccn1.O=[N+]([O-])[O-].O=[N+]([O-])[O-].[Ni+2].c1cn[nH]c1.c1cn[nH]c1. The normalized spacial score (nSPS) is 12.9. The van der Waals surface area contributed by atoms with E-state index in [4.69, 9.17) is 41.5 Å². The van der Waals surface area contributed by atoms with E-state index in [1.165, 1.54) is 38.5 Å². The van der Waals surface area contributed by atoms with Crippen molar-refractivity contribution in [1.29, 1.82) is 10.8 Å². The first-order chi connectivity index (χ1) is 21.2. The number of hydrogen-bond acceptors (Lipinski definition) is 12. The number of aromatic amines is 2. The minimum absolute atomic E-state index is 0. The molecule has 6 heterocycles. The Hall–Kier alpha value is -5.33. The number of aromatic nitrogens is 8. The quantitative estimate of drug-likeness (QED) is 0.0688. The number of nitrogens with one attached hydrogen (secondary N) is 4. The Morgan fingerprint density at radius 2 is 0.933 bits per heavy atom. The van der Waals surface area contributed by atoms with E-state index in [1.807, 2.05) is 36.7 Å². The van der Waals surface area contributed by atoms with Crippen LogP contribution in [0.3, 0.4) is 0 Å². The summed E-state index contributed by atoms with van der Waals surface area (Å²) in [5.41, 5.74) is 0. The van der Waals surface area contributed by atoms with Gasteiger partial charge in [0.05, 0.1) is 10.2 Å². The fourth-order valence-corrected chi connectivity index (χ4v) is 3.72. The molecule has 0 unspecified atom stereocenters. The van der Waals surface area contributed by atoms with Crippen LogP contribution in [0, 0.1) is 41.5 Å². The number of piperidine rings is 2. The molecule has 2 fully saturated rings. The third-order valence-electron chi connectivity index (χ3n) is 5.57. The van der Waals surface area contributed by atoms with Gasteiger partial charge in [-0.1, -0.05) is 0 Å². The first-order valence-electron chi connectivity index (χ1n) is 13.4. The van der Waals surface area contributed by atoms with Crippen LogP contribution in [0.25, 0.3) is 0 Å². The smallest absolute Gasteiger partial charge is 0.356 e. The molecular weight excluding hydrogens is 639 g/mol. The molecule has 45 heavy (non-hydrogen) atoms. The summed E-state index contributed by atoms with van der Waals surface area (Å²) < 4.78 is 3.23. The van der Waals surface area contributed by atoms with Gasteiger partial charge in [0.2, 0.25) is 11.9 Å². The molecule has 0 aromatic carbocycles. The van der Waals surface area contributed by atoms with Gasteiger partial charge in [0.1, 0.15) is 0 Å². The third kappa shape index (κ3) is 20.3. The summed E-state index contributed by atoms with van der Waals surface area (Å²) in [5, 5.41) is 65.7. The molecule has 0 atom stereocenters. The van der Waals surface area contributed by atoms with Crippen molar-refractivity contribution in [3.63, 3.8) is 0 Å². The molecule has 0 radical (unpaired) electrons. The third-order valence-corrected chi connectivity index (χ3v) is 5.57. The molecular formula is C24H36N14NiO6. The van der Waals surface area contributed by atoms with E-state index in [0.717, 1.165) is 26.2 Å². The van der Waals surface area contributed by atoms with E-state index in [2.05, 4.69) is 40.4 Å². The maximum absolute atomic E-state index is 8.25. The molecule has 0 saturated carbocycles. The fourth-order valence-electron chi connectivity index (χ4n) is 3.72. The molecule has 4 N–H and O–H groups in total. The average Bonchev–Trinajstić information content (AvgIpc) is 3.87. The Balaban J connectivity index is 0.000000559. The van der Waals surface area contributed by atoms with Crippen LogP contribution >= 0.6 is 0 Å². The first kappa shape index (κ1) is 39.7. The molecule has 248 valence electrons. The van der Waals surface area contributed by atoms with Gasteiger partial charge in [-0.05, 0) is 62.8 Å². The van der Waals surface area contributed by atoms with Crippen LogP contribution in [0.2, 0.25) is 0 Å². The molecule has 0 bridgehead atoms. The van der Waals surface area contributed by atoms with E-state index >= 15 is 0 Å². The first-order valence-corrected chi connectivity index (χ1v) is 13.4. The molecule has 2 aliphatic rings. The Labute approximate surface area is 268 Å². The zero-order valence-electron chi connectivity index (χ0n) is 24.2. The van der Waals surface area contributed by atoms with Crippen LogP contribution in [0.15, 0.2) is 73.8 Å². The van der Waals surface area contributed by atoms with Gasteiger partial charge in [0.15, 0.2) is 0 Å². The maximum Gasteiger partial charge on any atom is 2.00 e. The fraction of sp³-hybridized carbons (Fsp3) is 0.417. The van der Waals surface area contributed by atoms with Crippen LogP contribution in [-0.2, 0) is 16.5 Å². The van der Waals surface area contributed by atoms with Gasteiger partial charge in [0, 0.05) is 75.8 Å². The van der Waals surface area contributed by atoms with Gasteiger partial charge >= 0.3 is 16.5 Å². The zero-order valence-corrected chi connectivity index (χ0v) is 25.2. The van der Waals surface area contributed by atoms with E-state index < -0.39 is 10.2 Å². The van der Waals surface area contributed by atoms with Gasteiger partial charge in [-0.25, -0.2) is 9.36 Å². The van der Waals surface area contributed by atoms with E-state index in [-0.39, 0.29) is 16.5 Å². The average molecular weight is 675 g/mol. The summed E-state index contributed by atoms with van der Waals surface area (Å²) >= 11 is 0. The molecule has 0 spiro atoms. The molecule has 4 aromatic heterocycles. The number of rotatable bonds is 0. The van der Waals surface area contributed by atoms with Gasteiger partial charge < -0.3 is 40.4 Å². The van der Waals surface area contributed by atoms with Crippen molar-refractivity contribution in [3.05, 3.63) is 104 Å². The van der Waals surface area contributed by atoms with Gasteiger partial charge in [0.25, 0.3) is 0 Å². The topological polar surface area (TPSA) is 280 Å². The van der Waals surface area contributed by atoms with Crippen LogP contribution in [-0.4, -0.2) is 98.0 Å². The van der Waals surface area contributed by atoms with Crippen molar-refractivity contribution in [3.8, 4) is 0 Å². The van der Waals surface area contributed by atoms with Gasteiger partial charge in [-0.3, -0.25) is 21.0 Å². The number of likely N-dealkylation sites (tertiary alicyclic amines) is 2. The van der Waals surface area contributed by atoms with Crippen molar-refractivity contribution < 1.29 is 26.7 Å². The summed E-state index contributed by atoms with van der Waals surface area (Å²) in [7, 11) is 0. The molecule has 2 saturated heterocycles.